The summed E-state index contributed by atoms with van der Waals surface area (Å²) in [6.45, 7) is 6.85. The molecular weight excluding hydrogens is 865 g/mol. The van der Waals surface area contributed by atoms with Gasteiger partial charge in [-0.05, 0) is 70.8 Å². The van der Waals surface area contributed by atoms with Crippen molar-refractivity contribution in [3.05, 3.63) is 112 Å². The topological polar surface area (TPSA) is 235 Å². The van der Waals surface area contributed by atoms with Crippen molar-refractivity contribution in [2.75, 3.05) is 49.8 Å². The third-order valence-corrected chi connectivity index (χ3v) is 9.85. The molecule has 6 rings (SSSR count). The number of nitrogens with one attached hydrogen (secondary N) is 3. The highest BCUT2D eigenvalue weighted by Crippen LogP contribution is 2.37. The van der Waals surface area contributed by atoms with Crippen LogP contribution in [0.4, 0.5) is 32.1 Å². The molecule has 2 aromatic carbocycles. The van der Waals surface area contributed by atoms with Gasteiger partial charge < -0.3 is 44.7 Å². The molecule has 344 valence electrons. The van der Waals surface area contributed by atoms with Crippen LogP contribution in [-0.4, -0.2) is 98.8 Å². The molecule has 1 saturated heterocycles. The number of benzene rings is 2. The van der Waals surface area contributed by atoms with E-state index in [4.69, 9.17) is 30.5 Å². The smallest absolute Gasteiger partial charge is 0.412 e. The Hall–Kier alpha value is -6.69. The lowest BCUT2D eigenvalue weighted by Gasteiger charge is -2.17. The Morgan fingerprint density at radius 2 is 1.86 bits per heavy atom. The molecule has 2 amide bonds. The monoisotopic (exact) mass is 915 g/mol. The summed E-state index contributed by atoms with van der Waals surface area (Å²) >= 11 is 6.52. The standard InChI is InChI=1S/C30H29ClN6O3.C15H22FN3O6/c1-4-39-28-16-25-23(15-26(28)36-29(38)9-7-13-37(2)3)30(20(17-32)18-34-25)35-21-10-11-27(24(31)14-21)40-19-22-8-5-6-12-33-22;1-3-4-5-6-24-15(23)18-12-9(16)7-19(14(22)17-12)13-11(21)10(20)8(2)25-13/h5-12,14-16,18H,4,13,19H2,1-3H3,(H,34,35)(H,36,38);7-8,10-11,13,20-21H,3-6H2,1-2H3,(H,17,18,22,23)/b9-7+;/t;8-,10-,11-,13-/m.1/s1. The Labute approximate surface area is 379 Å². The van der Waals surface area contributed by atoms with Crippen molar-refractivity contribution < 1.29 is 43.1 Å². The summed E-state index contributed by atoms with van der Waals surface area (Å²) in [5.41, 5.74) is 2.37. The summed E-state index contributed by atoms with van der Waals surface area (Å²) in [6, 6.07) is 16.6. The number of ether oxygens (including phenoxy) is 4. The van der Waals surface area contributed by atoms with Crippen LogP contribution in [0.2, 0.25) is 5.02 Å². The zero-order valence-electron chi connectivity index (χ0n) is 36.5. The van der Waals surface area contributed by atoms with E-state index in [1.54, 1.807) is 42.6 Å². The molecule has 0 bridgehead atoms. The van der Waals surface area contributed by atoms with Gasteiger partial charge in [-0.2, -0.15) is 10.2 Å². The molecule has 1 fully saturated rings. The fourth-order valence-corrected chi connectivity index (χ4v) is 6.49. The van der Waals surface area contributed by atoms with E-state index in [0.717, 1.165) is 29.3 Å². The normalized spacial score (nSPS) is 16.7. The zero-order chi connectivity index (χ0) is 47.0. The number of fused-ring (bicyclic) bond motifs is 1. The van der Waals surface area contributed by atoms with Gasteiger partial charge in [-0.25, -0.2) is 14.0 Å². The number of hydrogen-bond acceptors (Lipinski definition) is 15. The summed E-state index contributed by atoms with van der Waals surface area (Å²) in [5, 5.41) is 38.7. The van der Waals surface area contributed by atoms with Gasteiger partial charge >= 0.3 is 11.8 Å². The van der Waals surface area contributed by atoms with Gasteiger partial charge in [0.05, 0.1) is 58.7 Å². The van der Waals surface area contributed by atoms with Gasteiger partial charge in [0.15, 0.2) is 17.9 Å². The van der Waals surface area contributed by atoms with Crippen LogP contribution in [0.3, 0.4) is 0 Å². The number of halogens is 2. The molecule has 4 heterocycles. The van der Waals surface area contributed by atoms with E-state index in [-0.39, 0.29) is 19.1 Å². The molecular formula is C45H51ClFN9O9. The van der Waals surface area contributed by atoms with E-state index in [9.17, 15) is 34.2 Å². The Morgan fingerprint density at radius 3 is 2.52 bits per heavy atom. The van der Waals surface area contributed by atoms with E-state index >= 15 is 0 Å². The number of aliphatic hydroxyl groups excluding tert-OH is 2. The predicted molar refractivity (Wildman–Crippen MR) is 242 cm³/mol. The average molecular weight is 916 g/mol. The van der Waals surface area contributed by atoms with Gasteiger partial charge in [-0.3, -0.25) is 24.6 Å². The lowest BCUT2D eigenvalue weighted by Crippen LogP contribution is -2.36. The fourth-order valence-electron chi connectivity index (χ4n) is 6.25. The predicted octanol–water partition coefficient (Wildman–Crippen LogP) is 6.69. The van der Waals surface area contributed by atoms with Crippen LogP contribution in [0.25, 0.3) is 10.9 Å². The van der Waals surface area contributed by atoms with Crippen LogP contribution < -0.4 is 31.1 Å². The molecule has 4 atom stereocenters. The molecule has 18 nitrogen and oxygen atoms in total. The van der Waals surface area contributed by atoms with Crippen LogP contribution in [0, 0.1) is 17.1 Å². The van der Waals surface area contributed by atoms with E-state index in [0.29, 0.717) is 69.6 Å². The van der Waals surface area contributed by atoms with E-state index in [1.165, 1.54) is 19.2 Å². The zero-order valence-corrected chi connectivity index (χ0v) is 37.2. The average Bonchev–Trinajstić information content (AvgIpc) is 3.53. The summed E-state index contributed by atoms with van der Waals surface area (Å²) in [4.78, 5) is 50.3. The SMILES string of the molecule is CCCCCOC(=O)Nc1nc(=O)n([C@@H]2O[C@H](C)[C@@H](O)[C@H]2O)cc1F.CCOc1cc2ncc(C#N)c(Nc3ccc(OCc4ccccn4)c(Cl)c3)c2cc1NC(=O)/C=C/CN(C)C. The Kier molecular flexibility index (Phi) is 18.1. The van der Waals surface area contributed by atoms with Gasteiger partial charge in [0.1, 0.15) is 36.4 Å². The Bertz CT molecular complexity index is 2560. The first kappa shape index (κ1) is 49.3. The number of nitrogens with zero attached hydrogens (tertiary/aromatic N) is 6. The Balaban J connectivity index is 0.000000273. The van der Waals surface area contributed by atoms with Gasteiger partial charge in [-0.15, -0.1) is 0 Å². The molecule has 1 aliphatic heterocycles. The lowest BCUT2D eigenvalue weighted by atomic mass is 10.1. The van der Waals surface area contributed by atoms with Crippen LogP contribution >= 0.6 is 11.6 Å². The number of likely N-dealkylation sites (N-methyl/N-ethyl adjacent to an activating group) is 1. The number of carbonyl (C=O) groups excluding carboxylic acids is 2. The van der Waals surface area contributed by atoms with Gasteiger partial charge in [0, 0.05) is 42.2 Å². The number of anilines is 4. The first-order valence-electron chi connectivity index (χ1n) is 20.7. The molecule has 1 aliphatic rings. The molecule has 20 heteroatoms. The van der Waals surface area contributed by atoms with E-state index in [2.05, 4.69) is 37.0 Å². The van der Waals surface area contributed by atoms with Gasteiger partial charge in [0.2, 0.25) is 5.91 Å². The lowest BCUT2D eigenvalue weighted by molar-refractivity contribution is -0.111. The van der Waals surface area contributed by atoms with Crippen LogP contribution in [0.1, 0.15) is 57.5 Å². The maximum Gasteiger partial charge on any atom is 0.412 e. The van der Waals surface area contributed by atoms with Gasteiger partial charge in [0.25, 0.3) is 0 Å². The van der Waals surface area contributed by atoms with Crippen molar-refractivity contribution in [3.8, 4) is 17.6 Å². The first-order valence-corrected chi connectivity index (χ1v) is 21.1. The fraction of sp³-hybridized carbons (Fsp3) is 0.356. The summed E-state index contributed by atoms with van der Waals surface area (Å²) in [6.07, 6.45) is 4.19. The molecule has 0 saturated carbocycles. The highest BCUT2D eigenvalue weighted by atomic mass is 35.5. The van der Waals surface area contributed by atoms with Crippen LogP contribution in [-0.2, 0) is 20.9 Å². The second-order valence-corrected chi connectivity index (χ2v) is 15.2. The highest BCUT2D eigenvalue weighted by molar-refractivity contribution is 6.32. The number of aromatic nitrogens is 4. The number of nitriles is 1. The molecule has 0 radical (unpaired) electrons. The molecule has 0 unspecified atom stereocenters. The van der Waals surface area contributed by atoms with Crippen molar-refractivity contribution in [1.82, 2.24) is 24.4 Å². The van der Waals surface area contributed by atoms with Crippen molar-refractivity contribution in [2.45, 2.75) is 71.2 Å². The molecule has 5 N–H and O–H groups in total. The second kappa shape index (κ2) is 23.8. The minimum atomic E-state index is -1.41. The quantitative estimate of drug-likeness (QED) is 0.0483. The number of amides is 2. The maximum atomic E-state index is 14.1. The largest absolute Gasteiger partial charge is 0.492 e. The van der Waals surface area contributed by atoms with Crippen molar-refractivity contribution >= 4 is 57.4 Å². The summed E-state index contributed by atoms with van der Waals surface area (Å²) < 4.78 is 36.6. The molecule has 65 heavy (non-hydrogen) atoms. The minimum absolute atomic E-state index is 0.177. The first-order chi connectivity index (χ1) is 31.2. The number of unbranched alkanes of at least 4 members (excludes halogenated alkanes) is 2. The van der Waals surface area contributed by atoms with E-state index < -0.39 is 48.0 Å². The molecule has 0 spiro atoms. The van der Waals surface area contributed by atoms with Crippen molar-refractivity contribution in [2.24, 2.45) is 0 Å². The number of hydrogen-bond donors (Lipinski definition) is 5. The van der Waals surface area contributed by atoms with Crippen molar-refractivity contribution in [3.63, 3.8) is 0 Å². The number of pyridine rings is 2. The molecule has 0 aliphatic carbocycles. The molecule has 5 aromatic rings. The maximum absolute atomic E-state index is 14.1. The van der Waals surface area contributed by atoms with Crippen LogP contribution in [0.5, 0.6) is 11.5 Å². The summed E-state index contributed by atoms with van der Waals surface area (Å²) in [7, 11) is 3.84. The minimum Gasteiger partial charge on any atom is -0.492 e. The third kappa shape index (κ3) is 13.7. The summed E-state index contributed by atoms with van der Waals surface area (Å²) in [5.74, 6) is -0.900. The molecule has 3 aromatic heterocycles. The number of aliphatic hydroxyl groups is 2. The highest BCUT2D eigenvalue weighted by Gasteiger charge is 2.42. The van der Waals surface area contributed by atoms with E-state index in [1.807, 2.05) is 51.0 Å². The second-order valence-electron chi connectivity index (χ2n) is 14.8. The number of rotatable bonds is 17. The van der Waals surface area contributed by atoms with Crippen LogP contribution in [0.15, 0.2) is 84.1 Å². The van der Waals surface area contributed by atoms with Gasteiger partial charge in [-0.1, -0.05) is 43.5 Å². The number of carbonyl (C=O) groups is 2. The third-order valence-electron chi connectivity index (χ3n) is 9.55. The van der Waals surface area contributed by atoms with Crippen molar-refractivity contribution in [1.29, 1.82) is 5.26 Å². The Morgan fingerprint density at radius 1 is 1.06 bits per heavy atom.